The number of amides is 1. The van der Waals surface area contributed by atoms with Crippen molar-refractivity contribution in [3.05, 3.63) is 72.3 Å². The SMILES string of the molecule is CCN(C1COC1)C(C)(C)/C=C(/C#N)C(=O)N1CCC[C@H](n2nc(-c3ccc(Oc4ccccc4)cc3F)c3c(N)ncnc32)C1. The number of nitriles is 1. The summed E-state index contributed by atoms with van der Waals surface area (Å²) in [6.45, 7) is 8.94. The largest absolute Gasteiger partial charge is 0.457 e. The van der Waals surface area contributed by atoms with Crippen molar-refractivity contribution in [2.75, 3.05) is 38.6 Å². The molecule has 11 nitrogen and oxygen atoms in total. The second-order valence-electron chi connectivity index (χ2n) is 12.2. The standard InChI is InChI=1S/C34H37FN8O3/c1-4-42(24-19-45-20-24)34(2,3)16-22(17-36)33(44)41-14-8-9-23(18-41)43-32-29(31(37)38-21-39-32)30(40-43)27-13-12-26(15-28(27)35)46-25-10-6-5-7-11-25/h5-7,10-13,15-16,21,23-24H,4,8-9,14,18-20H2,1-3H3,(H2,37,38,39)/b22-16-/t23-/m0/s1. The number of fused-ring (bicyclic) bond motifs is 1. The first-order chi connectivity index (χ1) is 22.2. The molecule has 0 bridgehead atoms. The minimum Gasteiger partial charge on any atom is -0.457 e. The van der Waals surface area contributed by atoms with Crippen molar-refractivity contribution in [1.29, 1.82) is 5.26 Å². The molecule has 2 saturated heterocycles. The molecule has 2 aromatic carbocycles. The maximum Gasteiger partial charge on any atom is 0.264 e. The van der Waals surface area contributed by atoms with Gasteiger partial charge in [0.05, 0.1) is 30.7 Å². The van der Waals surface area contributed by atoms with Crippen LogP contribution < -0.4 is 10.5 Å². The van der Waals surface area contributed by atoms with Crippen LogP contribution in [0.1, 0.15) is 39.7 Å². The highest BCUT2D eigenvalue weighted by atomic mass is 19.1. The minimum absolute atomic E-state index is 0.0989. The molecule has 0 unspecified atom stereocenters. The van der Waals surface area contributed by atoms with Crippen molar-refractivity contribution >= 4 is 22.8 Å². The first-order valence-electron chi connectivity index (χ1n) is 15.5. The van der Waals surface area contributed by atoms with Gasteiger partial charge in [-0.2, -0.15) is 10.4 Å². The number of anilines is 1. The summed E-state index contributed by atoms with van der Waals surface area (Å²) in [5, 5.41) is 15.3. The molecule has 4 heterocycles. The summed E-state index contributed by atoms with van der Waals surface area (Å²) in [5.41, 5.74) is 6.87. The average Bonchev–Trinajstić information content (AvgIpc) is 3.42. The maximum absolute atomic E-state index is 15.6. The van der Waals surface area contributed by atoms with Crippen LogP contribution >= 0.6 is 0 Å². The lowest BCUT2D eigenvalue weighted by molar-refractivity contribution is -0.128. The molecule has 6 rings (SSSR count). The topological polar surface area (TPSA) is 135 Å². The van der Waals surface area contributed by atoms with Gasteiger partial charge in [-0.25, -0.2) is 19.0 Å². The molecule has 12 heteroatoms. The highest BCUT2D eigenvalue weighted by Crippen LogP contribution is 2.36. The zero-order chi connectivity index (χ0) is 32.4. The lowest BCUT2D eigenvalue weighted by Gasteiger charge is -2.45. The summed E-state index contributed by atoms with van der Waals surface area (Å²) in [6.07, 6.45) is 4.52. The van der Waals surface area contributed by atoms with Gasteiger partial charge in [0.2, 0.25) is 0 Å². The van der Waals surface area contributed by atoms with Crippen LogP contribution in [0.5, 0.6) is 11.5 Å². The van der Waals surface area contributed by atoms with E-state index in [0.29, 0.717) is 67.4 Å². The number of benzene rings is 2. The molecular weight excluding hydrogens is 587 g/mol. The number of aromatic nitrogens is 4. The summed E-state index contributed by atoms with van der Waals surface area (Å²) < 4.78 is 28.5. The molecule has 1 amide bonds. The molecule has 1 atom stereocenters. The van der Waals surface area contributed by atoms with Gasteiger partial charge < -0.3 is 20.1 Å². The monoisotopic (exact) mass is 624 g/mol. The molecule has 0 spiro atoms. The van der Waals surface area contributed by atoms with Crippen molar-refractivity contribution in [3.8, 4) is 28.8 Å². The second-order valence-corrected chi connectivity index (χ2v) is 12.2. The molecule has 0 aliphatic carbocycles. The minimum atomic E-state index is -0.537. The van der Waals surface area contributed by atoms with Crippen LogP contribution in [0, 0.1) is 17.1 Å². The third-order valence-electron chi connectivity index (χ3n) is 8.71. The van der Waals surface area contributed by atoms with E-state index in [2.05, 4.69) is 27.9 Å². The van der Waals surface area contributed by atoms with Crippen molar-refractivity contribution < 1.29 is 18.7 Å². The first-order valence-corrected chi connectivity index (χ1v) is 15.5. The number of nitrogen functional groups attached to an aromatic ring is 1. The molecule has 2 aromatic heterocycles. The van der Waals surface area contributed by atoms with Gasteiger partial charge in [0.1, 0.15) is 46.8 Å². The molecule has 46 heavy (non-hydrogen) atoms. The fourth-order valence-corrected chi connectivity index (χ4v) is 6.44. The Morgan fingerprint density at radius 1 is 1.22 bits per heavy atom. The number of para-hydroxylation sites is 1. The zero-order valence-corrected chi connectivity index (χ0v) is 26.2. The van der Waals surface area contributed by atoms with E-state index in [0.717, 1.165) is 6.54 Å². The number of carbonyl (C=O) groups is 1. The Morgan fingerprint density at radius 3 is 2.67 bits per heavy atom. The fourth-order valence-electron chi connectivity index (χ4n) is 6.44. The van der Waals surface area contributed by atoms with Gasteiger partial charge in [-0.3, -0.25) is 9.69 Å². The summed E-state index contributed by atoms with van der Waals surface area (Å²) in [4.78, 5) is 26.3. The number of likely N-dealkylation sites (N-methyl/N-ethyl adjacent to an activating group) is 1. The van der Waals surface area contributed by atoms with E-state index in [1.807, 2.05) is 32.0 Å². The number of hydrogen-bond acceptors (Lipinski definition) is 9. The van der Waals surface area contributed by atoms with E-state index in [1.165, 1.54) is 12.4 Å². The van der Waals surface area contributed by atoms with Gasteiger partial charge >= 0.3 is 0 Å². The number of nitrogens with zero attached hydrogens (tertiary/aromatic N) is 7. The van der Waals surface area contributed by atoms with Gasteiger partial charge in [-0.1, -0.05) is 25.1 Å². The lowest BCUT2D eigenvalue weighted by atomic mass is 9.95. The van der Waals surface area contributed by atoms with Crippen LogP contribution in [0.2, 0.25) is 0 Å². The summed E-state index contributed by atoms with van der Waals surface area (Å²) in [5.74, 6) is 0.242. The van der Waals surface area contributed by atoms with Gasteiger partial charge in [-0.05, 0) is 63.6 Å². The van der Waals surface area contributed by atoms with Crippen LogP contribution in [-0.2, 0) is 9.53 Å². The van der Waals surface area contributed by atoms with Crippen molar-refractivity contribution in [2.45, 2.75) is 51.2 Å². The molecule has 2 N–H and O–H groups in total. The predicted molar refractivity (Wildman–Crippen MR) is 171 cm³/mol. The maximum atomic E-state index is 15.6. The molecule has 2 aliphatic heterocycles. The normalized spacial score (nSPS) is 17.6. The number of nitrogens with two attached hydrogens (primary N) is 1. The van der Waals surface area contributed by atoms with E-state index in [1.54, 1.807) is 39.9 Å². The molecule has 2 aliphatic rings. The van der Waals surface area contributed by atoms with Gasteiger partial charge in [0.15, 0.2) is 5.65 Å². The molecule has 0 saturated carbocycles. The molecule has 2 fully saturated rings. The van der Waals surface area contributed by atoms with E-state index in [-0.39, 0.29) is 34.9 Å². The molecule has 0 radical (unpaired) electrons. The van der Waals surface area contributed by atoms with Gasteiger partial charge in [0, 0.05) is 30.3 Å². The molecule has 4 aromatic rings. The van der Waals surface area contributed by atoms with Crippen molar-refractivity contribution in [2.24, 2.45) is 0 Å². The third kappa shape index (κ3) is 6.03. The first kappa shape index (κ1) is 31.1. The highest BCUT2D eigenvalue weighted by molar-refractivity contribution is 5.99. The van der Waals surface area contributed by atoms with Crippen LogP contribution in [0.25, 0.3) is 22.3 Å². The second kappa shape index (κ2) is 12.9. The van der Waals surface area contributed by atoms with Gasteiger partial charge in [-0.15, -0.1) is 0 Å². The van der Waals surface area contributed by atoms with Gasteiger partial charge in [0.25, 0.3) is 5.91 Å². The smallest absolute Gasteiger partial charge is 0.264 e. The summed E-state index contributed by atoms with van der Waals surface area (Å²) in [6, 6.07) is 15.8. The Bertz CT molecular complexity index is 1810. The Hall–Kier alpha value is -4.86. The lowest BCUT2D eigenvalue weighted by Crippen LogP contribution is -2.57. The number of carbonyl (C=O) groups excluding carboxylic acids is 1. The van der Waals surface area contributed by atoms with E-state index < -0.39 is 11.4 Å². The Labute approximate surface area is 267 Å². The summed E-state index contributed by atoms with van der Waals surface area (Å²) >= 11 is 0. The van der Waals surface area contributed by atoms with Crippen molar-refractivity contribution in [1.82, 2.24) is 29.5 Å². The Kier molecular flexibility index (Phi) is 8.71. The van der Waals surface area contributed by atoms with E-state index >= 15 is 4.39 Å². The number of hydrogen-bond donors (Lipinski definition) is 1. The molecule has 238 valence electrons. The van der Waals surface area contributed by atoms with E-state index in [9.17, 15) is 10.1 Å². The highest BCUT2D eigenvalue weighted by Gasteiger charge is 2.36. The van der Waals surface area contributed by atoms with Crippen molar-refractivity contribution in [3.63, 3.8) is 0 Å². The number of rotatable bonds is 9. The van der Waals surface area contributed by atoms with Crippen LogP contribution in [0.15, 0.2) is 66.5 Å². The van der Waals surface area contributed by atoms with Crippen LogP contribution in [0.4, 0.5) is 10.2 Å². The Morgan fingerprint density at radius 2 is 2.00 bits per heavy atom. The summed E-state index contributed by atoms with van der Waals surface area (Å²) in [7, 11) is 0. The number of ether oxygens (including phenoxy) is 2. The zero-order valence-electron chi connectivity index (χ0n) is 26.2. The number of piperidine rings is 1. The van der Waals surface area contributed by atoms with Crippen LogP contribution in [-0.4, -0.2) is 79.9 Å². The third-order valence-corrected chi connectivity index (χ3v) is 8.71. The fraction of sp³-hybridized carbons (Fsp3) is 0.382. The van der Waals surface area contributed by atoms with Crippen LogP contribution in [0.3, 0.4) is 0 Å². The number of likely N-dealkylation sites (tertiary alicyclic amines) is 1. The Balaban J connectivity index is 1.28. The molecular formula is C34H37FN8O3. The average molecular weight is 625 g/mol. The number of halogens is 1. The van der Waals surface area contributed by atoms with E-state index in [4.69, 9.17) is 20.3 Å². The quantitative estimate of drug-likeness (QED) is 0.199. The predicted octanol–water partition coefficient (Wildman–Crippen LogP) is 5.12.